The van der Waals surface area contributed by atoms with E-state index in [9.17, 15) is 13.2 Å². The molecule has 0 unspecified atom stereocenters. The zero-order valence-corrected chi connectivity index (χ0v) is 14.1. The maximum Gasteiger partial charge on any atom is 0.418 e. The number of aromatic nitrogens is 2. The summed E-state index contributed by atoms with van der Waals surface area (Å²) in [5.74, 6) is 0.665. The second kappa shape index (κ2) is 6.52. The zero-order chi connectivity index (χ0) is 18.1. The van der Waals surface area contributed by atoms with E-state index < -0.39 is 11.7 Å². The van der Waals surface area contributed by atoms with Gasteiger partial charge >= 0.3 is 6.18 Å². The molecule has 0 fully saturated rings. The number of para-hydroxylation sites is 1. The molecule has 3 nitrogen and oxygen atoms in total. The second-order valence-electron chi connectivity index (χ2n) is 6.35. The van der Waals surface area contributed by atoms with Crippen LogP contribution in [-0.2, 0) is 12.6 Å². The van der Waals surface area contributed by atoms with E-state index in [-0.39, 0.29) is 5.69 Å². The number of hydrogen-bond acceptors (Lipinski definition) is 2. The molecule has 4 rings (SSSR count). The van der Waals surface area contributed by atoms with E-state index in [0.717, 1.165) is 48.7 Å². The Labute approximate surface area is 149 Å². The van der Waals surface area contributed by atoms with E-state index in [1.54, 1.807) is 6.07 Å². The van der Waals surface area contributed by atoms with Crippen LogP contribution in [0.4, 0.5) is 19.0 Å². The highest BCUT2D eigenvalue weighted by atomic mass is 19.4. The summed E-state index contributed by atoms with van der Waals surface area (Å²) in [6, 6.07) is 15.2. The topological polar surface area (TPSA) is 29.9 Å². The summed E-state index contributed by atoms with van der Waals surface area (Å²) in [5, 5.41) is 7.90. The fourth-order valence-electron chi connectivity index (χ4n) is 3.40. The molecule has 0 spiro atoms. The number of nitrogens with one attached hydrogen (secondary N) is 1. The van der Waals surface area contributed by atoms with Gasteiger partial charge in [-0.05, 0) is 31.4 Å². The Bertz CT molecular complexity index is 914. The molecule has 2 aromatic carbocycles. The maximum absolute atomic E-state index is 13.5. The summed E-state index contributed by atoms with van der Waals surface area (Å²) >= 11 is 0. The SMILES string of the molecule is FC(F)(F)c1ccccc1-n1nc(-c2ccccc2)c2c1NCCCC2. The van der Waals surface area contributed by atoms with Crippen LogP contribution in [0, 0.1) is 0 Å². The summed E-state index contributed by atoms with van der Waals surface area (Å²) in [7, 11) is 0. The number of alkyl halides is 3. The lowest BCUT2D eigenvalue weighted by Gasteiger charge is -2.15. The Hall–Kier alpha value is -2.76. The van der Waals surface area contributed by atoms with Gasteiger partial charge in [0, 0.05) is 17.7 Å². The molecule has 134 valence electrons. The van der Waals surface area contributed by atoms with Gasteiger partial charge < -0.3 is 5.32 Å². The van der Waals surface area contributed by atoms with Gasteiger partial charge in [-0.15, -0.1) is 0 Å². The van der Waals surface area contributed by atoms with Gasteiger partial charge in [0.05, 0.1) is 16.9 Å². The number of halogens is 3. The number of fused-ring (bicyclic) bond motifs is 1. The summed E-state index contributed by atoms with van der Waals surface area (Å²) in [6.45, 7) is 0.723. The predicted octanol–water partition coefficient (Wildman–Crippen LogP) is 5.31. The zero-order valence-electron chi connectivity index (χ0n) is 14.1. The molecule has 3 aromatic rings. The van der Waals surface area contributed by atoms with Crippen LogP contribution in [0.1, 0.15) is 24.0 Å². The highest BCUT2D eigenvalue weighted by Crippen LogP contribution is 2.38. The molecular formula is C20H18F3N3. The molecule has 0 amide bonds. The first-order chi connectivity index (χ1) is 12.6. The van der Waals surface area contributed by atoms with Crippen molar-refractivity contribution in [1.29, 1.82) is 0 Å². The minimum Gasteiger partial charge on any atom is -0.370 e. The summed E-state index contributed by atoms with van der Waals surface area (Å²) < 4.78 is 42.0. The van der Waals surface area contributed by atoms with Crippen LogP contribution < -0.4 is 5.32 Å². The van der Waals surface area contributed by atoms with Crippen molar-refractivity contribution in [3.05, 3.63) is 65.7 Å². The number of anilines is 1. The predicted molar refractivity (Wildman–Crippen MR) is 95.4 cm³/mol. The van der Waals surface area contributed by atoms with Crippen molar-refractivity contribution in [2.24, 2.45) is 0 Å². The number of nitrogens with zero attached hydrogens (tertiary/aromatic N) is 2. The van der Waals surface area contributed by atoms with E-state index in [2.05, 4.69) is 10.4 Å². The standard InChI is InChI=1S/C20H18F3N3/c21-20(22,23)16-11-4-5-12-17(16)26-19-15(10-6-7-13-24-19)18(25-26)14-8-2-1-3-9-14/h1-5,8-9,11-12,24H,6-7,10,13H2. The smallest absolute Gasteiger partial charge is 0.370 e. The Balaban J connectivity index is 1.95. The van der Waals surface area contributed by atoms with E-state index in [1.807, 2.05) is 30.3 Å². The fourth-order valence-corrected chi connectivity index (χ4v) is 3.40. The van der Waals surface area contributed by atoms with Crippen molar-refractivity contribution in [3.63, 3.8) is 0 Å². The fraction of sp³-hybridized carbons (Fsp3) is 0.250. The van der Waals surface area contributed by atoms with Gasteiger partial charge in [-0.1, -0.05) is 42.5 Å². The number of hydrogen-bond donors (Lipinski definition) is 1. The first kappa shape index (κ1) is 16.7. The lowest BCUT2D eigenvalue weighted by Crippen LogP contribution is -2.14. The van der Waals surface area contributed by atoms with Crippen LogP contribution in [0.5, 0.6) is 0 Å². The molecule has 1 aromatic heterocycles. The van der Waals surface area contributed by atoms with E-state index >= 15 is 0 Å². The summed E-state index contributed by atoms with van der Waals surface area (Å²) in [5.41, 5.74) is 2.00. The minimum absolute atomic E-state index is 0.0489. The van der Waals surface area contributed by atoms with Crippen molar-refractivity contribution in [2.45, 2.75) is 25.4 Å². The van der Waals surface area contributed by atoms with Crippen molar-refractivity contribution in [3.8, 4) is 16.9 Å². The molecule has 0 radical (unpaired) electrons. The average Bonchev–Trinajstić information content (AvgIpc) is 2.83. The van der Waals surface area contributed by atoms with Crippen LogP contribution >= 0.6 is 0 Å². The molecule has 0 atom stereocenters. The molecule has 1 aliphatic rings. The molecule has 0 saturated heterocycles. The number of rotatable bonds is 2. The van der Waals surface area contributed by atoms with Gasteiger partial charge in [-0.2, -0.15) is 18.3 Å². The largest absolute Gasteiger partial charge is 0.418 e. The van der Waals surface area contributed by atoms with Crippen molar-refractivity contribution in [1.82, 2.24) is 9.78 Å². The average molecular weight is 357 g/mol. The van der Waals surface area contributed by atoms with Gasteiger partial charge in [-0.3, -0.25) is 0 Å². The van der Waals surface area contributed by atoms with Gasteiger partial charge in [0.15, 0.2) is 0 Å². The highest BCUT2D eigenvalue weighted by molar-refractivity contribution is 5.71. The lowest BCUT2D eigenvalue weighted by atomic mass is 10.0. The minimum atomic E-state index is -4.44. The summed E-state index contributed by atoms with van der Waals surface area (Å²) in [4.78, 5) is 0. The Morgan fingerprint density at radius 1 is 0.923 bits per heavy atom. The van der Waals surface area contributed by atoms with Gasteiger partial charge in [0.1, 0.15) is 5.82 Å². The third kappa shape index (κ3) is 2.96. The second-order valence-corrected chi connectivity index (χ2v) is 6.35. The number of benzene rings is 2. The molecule has 0 aliphatic carbocycles. The first-order valence-electron chi connectivity index (χ1n) is 8.63. The third-order valence-corrected chi connectivity index (χ3v) is 4.61. The monoisotopic (exact) mass is 357 g/mol. The normalized spacial score (nSPS) is 14.4. The van der Waals surface area contributed by atoms with Crippen LogP contribution in [0.15, 0.2) is 54.6 Å². The molecular weight excluding hydrogens is 339 g/mol. The van der Waals surface area contributed by atoms with Crippen molar-refractivity contribution in [2.75, 3.05) is 11.9 Å². The van der Waals surface area contributed by atoms with E-state index in [1.165, 1.54) is 16.8 Å². The Morgan fingerprint density at radius 3 is 2.42 bits per heavy atom. The molecule has 26 heavy (non-hydrogen) atoms. The Morgan fingerprint density at radius 2 is 1.65 bits per heavy atom. The maximum atomic E-state index is 13.5. The third-order valence-electron chi connectivity index (χ3n) is 4.61. The van der Waals surface area contributed by atoms with Crippen LogP contribution in [0.3, 0.4) is 0 Å². The summed E-state index contributed by atoms with van der Waals surface area (Å²) in [6.07, 6.45) is -1.69. The highest BCUT2D eigenvalue weighted by Gasteiger charge is 2.35. The van der Waals surface area contributed by atoms with Crippen LogP contribution in [0.2, 0.25) is 0 Å². The van der Waals surface area contributed by atoms with Crippen LogP contribution in [-0.4, -0.2) is 16.3 Å². The molecule has 6 heteroatoms. The quantitative estimate of drug-likeness (QED) is 0.674. The Kier molecular flexibility index (Phi) is 4.18. The molecule has 0 saturated carbocycles. The van der Waals surface area contributed by atoms with Crippen molar-refractivity contribution < 1.29 is 13.2 Å². The molecule has 1 N–H and O–H groups in total. The molecule has 0 bridgehead atoms. The molecule has 1 aliphatic heterocycles. The lowest BCUT2D eigenvalue weighted by molar-refractivity contribution is -0.137. The van der Waals surface area contributed by atoms with Gasteiger partial charge in [0.25, 0.3) is 0 Å². The van der Waals surface area contributed by atoms with Gasteiger partial charge in [0.2, 0.25) is 0 Å². The van der Waals surface area contributed by atoms with E-state index in [4.69, 9.17) is 0 Å². The van der Waals surface area contributed by atoms with Gasteiger partial charge in [-0.25, -0.2) is 4.68 Å². The van der Waals surface area contributed by atoms with Crippen LogP contribution in [0.25, 0.3) is 16.9 Å². The first-order valence-corrected chi connectivity index (χ1v) is 8.63. The van der Waals surface area contributed by atoms with Crippen molar-refractivity contribution >= 4 is 5.82 Å². The molecule has 2 heterocycles. The van der Waals surface area contributed by atoms with E-state index in [0.29, 0.717) is 5.82 Å².